The number of thiophene rings is 1. The van der Waals surface area contributed by atoms with Crippen LogP contribution in [0.25, 0.3) is 0 Å². The molecule has 0 fully saturated rings. The summed E-state index contributed by atoms with van der Waals surface area (Å²) in [6.07, 6.45) is 2.85. The molecule has 0 saturated carbocycles. The fourth-order valence-corrected chi connectivity index (χ4v) is 3.55. The van der Waals surface area contributed by atoms with Crippen LogP contribution in [0.3, 0.4) is 0 Å². The standard InChI is InChI=1S/C13H18IN3OS/c1-4-5-17-13(10(18-3)7-16-17)12(15-2)9-6-11(14)19-8-9/h6-8,12,15H,4-5H2,1-3H3. The lowest BCUT2D eigenvalue weighted by Gasteiger charge is -2.18. The third-order valence-electron chi connectivity index (χ3n) is 2.98. The molecule has 2 aromatic rings. The minimum absolute atomic E-state index is 0.115. The minimum atomic E-state index is 0.115. The molecule has 0 spiro atoms. The first-order valence-corrected chi connectivity index (χ1v) is 8.18. The van der Waals surface area contributed by atoms with E-state index < -0.39 is 0 Å². The van der Waals surface area contributed by atoms with E-state index in [1.165, 1.54) is 8.45 Å². The fraction of sp³-hybridized carbons (Fsp3) is 0.462. The molecule has 1 atom stereocenters. The summed E-state index contributed by atoms with van der Waals surface area (Å²) in [6.45, 7) is 3.05. The van der Waals surface area contributed by atoms with Crippen molar-refractivity contribution in [3.8, 4) is 5.75 Å². The van der Waals surface area contributed by atoms with Crippen LogP contribution in [-0.2, 0) is 6.54 Å². The summed E-state index contributed by atoms with van der Waals surface area (Å²) >= 11 is 4.10. The molecule has 1 N–H and O–H groups in total. The van der Waals surface area contributed by atoms with Crippen molar-refractivity contribution in [3.05, 3.63) is 31.8 Å². The number of hydrogen-bond acceptors (Lipinski definition) is 4. The van der Waals surface area contributed by atoms with Gasteiger partial charge in [-0.1, -0.05) is 6.92 Å². The van der Waals surface area contributed by atoms with E-state index in [9.17, 15) is 0 Å². The molecule has 2 aromatic heterocycles. The quantitative estimate of drug-likeness (QED) is 0.769. The molecule has 0 aliphatic carbocycles. The van der Waals surface area contributed by atoms with Crippen LogP contribution >= 0.6 is 33.9 Å². The SMILES string of the molecule is CCCn1ncc(OC)c1C(NC)c1csc(I)c1. The molecule has 1 unspecified atom stereocenters. The Morgan fingerprint density at radius 2 is 2.37 bits per heavy atom. The van der Waals surface area contributed by atoms with E-state index in [-0.39, 0.29) is 6.04 Å². The summed E-state index contributed by atoms with van der Waals surface area (Å²) < 4.78 is 8.78. The predicted molar refractivity (Wildman–Crippen MR) is 87.0 cm³/mol. The normalized spacial score (nSPS) is 12.6. The van der Waals surface area contributed by atoms with Crippen LogP contribution in [0.5, 0.6) is 5.75 Å². The van der Waals surface area contributed by atoms with Gasteiger partial charge < -0.3 is 10.1 Å². The van der Waals surface area contributed by atoms with Gasteiger partial charge in [-0.15, -0.1) is 11.3 Å². The average molecular weight is 391 g/mol. The van der Waals surface area contributed by atoms with Crippen LogP contribution in [0.1, 0.15) is 30.6 Å². The Morgan fingerprint density at radius 1 is 1.58 bits per heavy atom. The van der Waals surface area contributed by atoms with Gasteiger partial charge in [0.1, 0.15) is 5.69 Å². The molecule has 19 heavy (non-hydrogen) atoms. The van der Waals surface area contributed by atoms with Crippen LogP contribution in [0.2, 0.25) is 0 Å². The summed E-state index contributed by atoms with van der Waals surface area (Å²) in [7, 11) is 3.67. The maximum atomic E-state index is 5.46. The van der Waals surface area contributed by atoms with Crippen molar-refractivity contribution < 1.29 is 4.74 Å². The molecule has 0 amide bonds. The van der Waals surface area contributed by atoms with Crippen LogP contribution in [0, 0.1) is 2.88 Å². The van der Waals surface area contributed by atoms with Crippen LogP contribution in [-0.4, -0.2) is 23.9 Å². The van der Waals surface area contributed by atoms with Gasteiger partial charge in [-0.3, -0.25) is 4.68 Å². The number of halogens is 1. The van der Waals surface area contributed by atoms with Crippen molar-refractivity contribution >= 4 is 33.9 Å². The van der Waals surface area contributed by atoms with E-state index in [1.54, 1.807) is 24.6 Å². The molecule has 104 valence electrons. The lowest BCUT2D eigenvalue weighted by molar-refractivity contribution is 0.400. The molecule has 2 rings (SSSR count). The molecule has 0 bridgehead atoms. The Balaban J connectivity index is 2.44. The molecular formula is C13H18IN3OS. The third-order valence-corrected chi connectivity index (χ3v) is 4.79. The molecule has 2 heterocycles. The molecule has 0 saturated heterocycles. The van der Waals surface area contributed by atoms with Crippen LogP contribution in [0.15, 0.2) is 17.6 Å². The van der Waals surface area contributed by atoms with Gasteiger partial charge in [0.25, 0.3) is 0 Å². The molecule has 0 aromatic carbocycles. The van der Waals surface area contributed by atoms with Gasteiger partial charge in [-0.2, -0.15) is 5.10 Å². The Kier molecular flexibility index (Phi) is 5.23. The smallest absolute Gasteiger partial charge is 0.161 e. The highest BCUT2D eigenvalue weighted by atomic mass is 127. The molecule has 0 aliphatic rings. The molecule has 4 nitrogen and oxygen atoms in total. The summed E-state index contributed by atoms with van der Waals surface area (Å²) in [4.78, 5) is 0. The van der Waals surface area contributed by atoms with E-state index in [1.807, 2.05) is 11.7 Å². The van der Waals surface area contributed by atoms with E-state index in [0.717, 1.165) is 24.4 Å². The maximum Gasteiger partial charge on any atom is 0.161 e. The Labute approximate surface area is 131 Å². The number of nitrogens with one attached hydrogen (secondary N) is 1. The number of aromatic nitrogens is 2. The average Bonchev–Trinajstić information content (AvgIpc) is 2.99. The Morgan fingerprint density at radius 3 is 2.89 bits per heavy atom. The second kappa shape index (κ2) is 6.71. The highest BCUT2D eigenvalue weighted by Crippen LogP contribution is 2.32. The fourth-order valence-electron chi connectivity index (χ4n) is 2.15. The summed E-state index contributed by atoms with van der Waals surface area (Å²) in [5.74, 6) is 0.842. The molecule has 6 heteroatoms. The van der Waals surface area contributed by atoms with E-state index in [0.29, 0.717) is 0 Å². The van der Waals surface area contributed by atoms with Crippen molar-refractivity contribution in [2.75, 3.05) is 14.2 Å². The number of methoxy groups -OCH3 is 1. The Bertz CT molecular complexity index is 538. The van der Waals surface area contributed by atoms with E-state index in [2.05, 4.69) is 51.4 Å². The number of nitrogens with zero attached hydrogens (tertiary/aromatic N) is 2. The molecule has 0 aliphatic heterocycles. The summed E-state index contributed by atoms with van der Waals surface area (Å²) in [6, 6.07) is 2.32. The van der Waals surface area contributed by atoms with Crippen molar-refractivity contribution in [1.29, 1.82) is 0 Å². The van der Waals surface area contributed by atoms with Gasteiger partial charge in [-0.05, 0) is 53.1 Å². The van der Waals surface area contributed by atoms with E-state index in [4.69, 9.17) is 4.74 Å². The molecular weight excluding hydrogens is 373 g/mol. The van der Waals surface area contributed by atoms with Gasteiger partial charge in [0.05, 0.1) is 22.2 Å². The number of hydrogen-bond donors (Lipinski definition) is 1. The second-order valence-electron chi connectivity index (χ2n) is 4.23. The zero-order valence-electron chi connectivity index (χ0n) is 11.3. The lowest BCUT2D eigenvalue weighted by atomic mass is 10.1. The van der Waals surface area contributed by atoms with Gasteiger partial charge in [0, 0.05) is 6.54 Å². The van der Waals surface area contributed by atoms with Crippen molar-refractivity contribution in [3.63, 3.8) is 0 Å². The zero-order valence-corrected chi connectivity index (χ0v) is 14.3. The first-order valence-electron chi connectivity index (χ1n) is 6.22. The highest BCUT2D eigenvalue weighted by Gasteiger charge is 2.22. The van der Waals surface area contributed by atoms with Crippen molar-refractivity contribution in [1.82, 2.24) is 15.1 Å². The topological polar surface area (TPSA) is 39.1 Å². The van der Waals surface area contributed by atoms with Crippen LogP contribution < -0.4 is 10.1 Å². The van der Waals surface area contributed by atoms with Gasteiger partial charge in [0.2, 0.25) is 0 Å². The largest absolute Gasteiger partial charge is 0.493 e. The minimum Gasteiger partial charge on any atom is -0.493 e. The summed E-state index contributed by atoms with van der Waals surface area (Å²) in [5.41, 5.74) is 2.36. The van der Waals surface area contributed by atoms with Gasteiger partial charge >= 0.3 is 0 Å². The van der Waals surface area contributed by atoms with Crippen LogP contribution in [0.4, 0.5) is 0 Å². The highest BCUT2D eigenvalue weighted by molar-refractivity contribution is 14.1. The van der Waals surface area contributed by atoms with Gasteiger partial charge in [-0.25, -0.2) is 0 Å². The summed E-state index contributed by atoms with van der Waals surface area (Å²) in [5, 5.41) is 9.99. The molecule has 0 radical (unpaired) electrons. The predicted octanol–water partition coefficient (Wildman–Crippen LogP) is 3.28. The Hall–Kier alpha value is -0.600. The number of aryl methyl sites for hydroxylation is 1. The first kappa shape index (κ1) is 14.8. The third kappa shape index (κ3) is 3.11. The van der Waals surface area contributed by atoms with Gasteiger partial charge in [0.15, 0.2) is 5.75 Å². The first-order chi connectivity index (χ1) is 9.21. The lowest BCUT2D eigenvalue weighted by Crippen LogP contribution is -2.21. The monoisotopic (exact) mass is 391 g/mol. The zero-order chi connectivity index (χ0) is 13.8. The number of rotatable bonds is 6. The van der Waals surface area contributed by atoms with Crippen molar-refractivity contribution in [2.45, 2.75) is 25.9 Å². The van der Waals surface area contributed by atoms with Crippen molar-refractivity contribution in [2.24, 2.45) is 0 Å². The van der Waals surface area contributed by atoms with E-state index >= 15 is 0 Å². The number of ether oxygens (including phenoxy) is 1. The maximum absolute atomic E-state index is 5.46. The second-order valence-corrected chi connectivity index (χ2v) is 7.03.